The van der Waals surface area contributed by atoms with E-state index in [0.29, 0.717) is 22.3 Å². The predicted octanol–water partition coefficient (Wildman–Crippen LogP) is 4.02. The number of rotatable bonds is 7. The number of hydrogen-bond donors (Lipinski definition) is 1. The average molecular weight is 353 g/mol. The number of Topliss-reactive ketones (excluding diaryl/α,β-unsaturated/α-hetero) is 1. The van der Waals surface area contributed by atoms with Crippen LogP contribution in [0.1, 0.15) is 22.8 Å². The Kier molecular flexibility index (Phi) is 5.50. The molecule has 0 saturated carbocycles. The molecule has 0 spiro atoms. The maximum absolute atomic E-state index is 12.2. The quantitative estimate of drug-likeness (QED) is 0.513. The fraction of sp³-hybridized carbons (Fsp3) is 0.211. The summed E-state index contributed by atoms with van der Waals surface area (Å²) in [4.78, 5) is 16.7. The van der Waals surface area contributed by atoms with Gasteiger partial charge in [-0.1, -0.05) is 43.0 Å². The fourth-order valence-corrected chi connectivity index (χ4v) is 3.02. The predicted molar refractivity (Wildman–Crippen MR) is 99.2 cm³/mol. The Bertz CT molecular complexity index is 842. The zero-order valence-electron chi connectivity index (χ0n) is 14.2. The SMILES string of the molecule is CCc1ccc(-c2nc(SCC(=O)c3ccc(OC)cc3)n[nH]2)cc1. The Morgan fingerprint density at radius 2 is 1.84 bits per heavy atom. The van der Waals surface area contributed by atoms with E-state index in [0.717, 1.165) is 17.7 Å². The molecule has 0 bridgehead atoms. The number of nitrogens with one attached hydrogen (secondary N) is 1. The van der Waals surface area contributed by atoms with Crippen molar-refractivity contribution in [1.82, 2.24) is 15.2 Å². The highest BCUT2D eigenvalue weighted by Gasteiger charge is 2.11. The third kappa shape index (κ3) is 4.28. The summed E-state index contributed by atoms with van der Waals surface area (Å²) < 4.78 is 5.10. The first kappa shape index (κ1) is 17.2. The van der Waals surface area contributed by atoms with E-state index < -0.39 is 0 Å². The fourth-order valence-electron chi connectivity index (χ4n) is 2.33. The number of nitrogens with zero attached hydrogens (tertiary/aromatic N) is 2. The third-order valence-electron chi connectivity index (χ3n) is 3.84. The monoisotopic (exact) mass is 353 g/mol. The van der Waals surface area contributed by atoms with E-state index in [4.69, 9.17) is 4.74 Å². The standard InChI is InChI=1S/C19H19N3O2S/c1-3-13-4-6-15(7-5-13)18-20-19(22-21-18)25-12-17(23)14-8-10-16(24-2)11-9-14/h4-11H,3,12H2,1-2H3,(H,20,21,22). The van der Waals surface area contributed by atoms with Crippen LogP contribution in [0.3, 0.4) is 0 Å². The number of aryl methyl sites for hydroxylation is 1. The molecule has 1 heterocycles. The van der Waals surface area contributed by atoms with Crippen molar-refractivity contribution in [3.63, 3.8) is 0 Å². The minimum Gasteiger partial charge on any atom is -0.497 e. The van der Waals surface area contributed by atoms with Crippen molar-refractivity contribution in [2.75, 3.05) is 12.9 Å². The van der Waals surface area contributed by atoms with Crippen LogP contribution in [0.5, 0.6) is 5.75 Å². The zero-order chi connectivity index (χ0) is 17.6. The number of methoxy groups -OCH3 is 1. The van der Waals surface area contributed by atoms with Crippen LogP contribution in [0.4, 0.5) is 0 Å². The van der Waals surface area contributed by atoms with E-state index in [-0.39, 0.29) is 5.78 Å². The summed E-state index contributed by atoms with van der Waals surface area (Å²) in [5.74, 6) is 1.77. The molecule has 5 nitrogen and oxygen atoms in total. The molecule has 0 radical (unpaired) electrons. The number of aromatic nitrogens is 3. The van der Waals surface area contributed by atoms with Crippen molar-refractivity contribution in [2.45, 2.75) is 18.5 Å². The molecule has 0 fully saturated rings. The van der Waals surface area contributed by atoms with Gasteiger partial charge >= 0.3 is 0 Å². The molecule has 25 heavy (non-hydrogen) atoms. The van der Waals surface area contributed by atoms with Crippen LogP contribution < -0.4 is 4.74 Å². The Hall–Kier alpha value is -2.60. The zero-order valence-corrected chi connectivity index (χ0v) is 15.0. The third-order valence-corrected chi connectivity index (χ3v) is 4.69. The van der Waals surface area contributed by atoms with Gasteiger partial charge in [-0.3, -0.25) is 9.89 Å². The number of benzene rings is 2. The minimum atomic E-state index is 0.0336. The summed E-state index contributed by atoms with van der Waals surface area (Å²) in [7, 11) is 1.60. The number of H-pyrrole nitrogens is 1. The Morgan fingerprint density at radius 3 is 2.48 bits per heavy atom. The van der Waals surface area contributed by atoms with Crippen molar-refractivity contribution in [3.05, 3.63) is 59.7 Å². The van der Waals surface area contributed by atoms with Crippen molar-refractivity contribution in [1.29, 1.82) is 0 Å². The van der Waals surface area contributed by atoms with Gasteiger partial charge in [-0.15, -0.1) is 5.10 Å². The lowest BCUT2D eigenvalue weighted by atomic mass is 10.1. The van der Waals surface area contributed by atoms with E-state index in [1.54, 1.807) is 31.4 Å². The van der Waals surface area contributed by atoms with Crippen LogP contribution in [-0.2, 0) is 6.42 Å². The highest BCUT2D eigenvalue weighted by atomic mass is 32.2. The van der Waals surface area contributed by atoms with Crippen LogP contribution >= 0.6 is 11.8 Å². The molecule has 1 aromatic heterocycles. The molecule has 128 valence electrons. The Morgan fingerprint density at radius 1 is 1.12 bits per heavy atom. The summed E-state index contributed by atoms with van der Waals surface area (Å²) >= 11 is 1.32. The number of carbonyl (C=O) groups is 1. The topological polar surface area (TPSA) is 67.9 Å². The largest absolute Gasteiger partial charge is 0.497 e. The molecule has 0 aliphatic heterocycles. The van der Waals surface area contributed by atoms with Crippen molar-refractivity contribution < 1.29 is 9.53 Å². The Labute approximate surface area is 150 Å². The van der Waals surface area contributed by atoms with Gasteiger partial charge in [-0.25, -0.2) is 4.98 Å². The van der Waals surface area contributed by atoms with Crippen molar-refractivity contribution in [3.8, 4) is 17.1 Å². The van der Waals surface area contributed by atoms with Crippen LogP contribution in [-0.4, -0.2) is 33.8 Å². The second-order valence-corrected chi connectivity index (χ2v) is 6.40. The lowest BCUT2D eigenvalue weighted by molar-refractivity contribution is 0.102. The second-order valence-electron chi connectivity index (χ2n) is 5.46. The smallest absolute Gasteiger partial charge is 0.209 e. The van der Waals surface area contributed by atoms with Gasteiger partial charge in [0.15, 0.2) is 11.6 Å². The van der Waals surface area contributed by atoms with Gasteiger partial charge < -0.3 is 4.74 Å². The average Bonchev–Trinajstić information content (AvgIpc) is 3.15. The molecular formula is C19H19N3O2S. The number of aromatic amines is 1. The number of ether oxygens (including phenoxy) is 1. The van der Waals surface area contributed by atoms with Gasteiger partial charge in [0.2, 0.25) is 5.16 Å². The second kappa shape index (κ2) is 7.98. The molecule has 0 atom stereocenters. The van der Waals surface area contributed by atoms with Gasteiger partial charge in [0.25, 0.3) is 0 Å². The van der Waals surface area contributed by atoms with Crippen LogP contribution in [0.15, 0.2) is 53.7 Å². The van der Waals surface area contributed by atoms with E-state index in [1.165, 1.54) is 17.3 Å². The van der Waals surface area contributed by atoms with Gasteiger partial charge in [-0.05, 0) is 36.2 Å². The molecule has 0 aliphatic rings. The molecule has 6 heteroatoms. The minimum absolute atomic E-state index is 0.0336. The number of ketones is 1. The maximum Gasteiger partial charge on any atom is 0.209 e. The molecular weight excluding hydrogens is 334 g/mol. The molecule has 2 aromatic carbocycles. The lowest BCUT2D eigenvalue weighted by Crippen LogP contribution is -2.02. The van der Waals surface area contributed by atoms with E-state index in [2.05, 4.69) is 34.2 Å². The molecule has 0 amide bonds. The normalized spacial score (nSPS) is 10.6. The summed E-state index contributed by atoms with van der Waals surface area (Å²) in [5.41, 5.74) is 2.92. The molecule has 0 unspecified atom stereocenters. The summed E-state index contributed by atoms with van der Waals surface area (Å²) in [5, 5.41) is 7.68. The van der Waals surface area contributed by atoms with Crippen LogP contribution in [0, 0.1) is 0 Å². The first-order valence-electron chi connectivity index (χ1n) is 8.01. The van der Waals surface area contributed by atoms with E-state index in [9.17, 15) is 4.79 Å². The van der Waals surface area contributed by atoms with Crippen LogP contribution in [0.25, 0.3) is 11.4 Å². The molecule has 0 aliphatic carbocycles. The van der Waals surface area contributed by atoms with Gasteiger partial charge in [0.1, 0.15) is 5.75 Å². The molecule has 0 saturated heterocycles. The highest BCUT2D eigenvalue weighted by Crippen LogP contribution is 2.21. The summed E-state index contributed by atoms with van der Waals surface area (Å²) in [6, 6.07) is 15.3. The molecule has 3 rings (SSSR count). The van der Waals surface area contributed by atoms with Gasteiger partial charge in [0.05, 0.1) is 12.9 Å². The highest BCUT2D eigenvalue weighted by molar-refractivity contribution is 7.99. The Balaban J connectivity index is 1.61. The maximum atomic E-state index is 12.2. The first-order chi connectivity index (χ1) is 12.2. The number of hydrogen-bond acceptors (Lipinski definition) is 5. The van der Waals surface area contributed by atoms with Gasteiger partial charge in [0, 0.05) is 11.1 Å². The van der Waals surface area contributed by atoms with Crippen LogP contribution in [0.2, 0.25) is 0 Å². The van der Waals surface area contributed by atoms with E-state index >= 15 is 0 Å². The van der Waals surface area contributed by atoms with Gasteiger partial charge in [-0.2, -0.15) is 0 Å². The van der Waals surface area contributed by atoms with Crippen molar-refractivity contribution >= 4 is 17.5 Å². The number of carbonyl (C=O) groups excluding carboxylic acids is 1. The molecule has 3 aromatic rings. The summed E-state index contributed by atoms with van der Waals surface area (Å²) in [6.45, 7) is 2.12. The molecule has 1 N–H and O–H groups in total. The lowest BCUT2D eigenvalue weighted by Gasteiger charge is -2.01. The summed E-state index contributed by atoms with van der Waals surface area (Å²) in [6.07, 6.45) is 1.01. The van der Waals surface area contributed by atoms with E-state index in [1.807, 2.05) is 12.1 Å². The first-order valence-corrected chi connectivity index (χ1v) is 9.00. The van der Waals surface area contributed by atoms with Crippen molar-refractivity contribution in [2.24, 2.45) is 0 Å². The number of thioether (sulfide) groups is 1.